The summed E-state index contributed by atoms with van der Waals surface area (Å²) in [6, 6.07) is 33.1. The third-order valence-electron chi connectivity index (χ3n) is 9.84. The minimum absolute atomic E-state index is 0.268. The number of thiophene rings is 3. The highest BCUT2D eigenvalue weighted by atomic mass is 32.1. The number of nitriles is 1. The standard InChI is InChI=1S/C37H26N2O2S3/c38-19-25(37(40)41)15-20-5-7-21(8-6-20)29-17-31-35(43-29)36-32(42-31)18-30(44-36)22-11-13-26(14-12-22)39-28-4-2-1-3-27(28)33-23-9-10-24(16-23)34(33)39/h1-8,11-15,17-18,23-24,33-34H,9-10,16H2,(H,40,41)/b25-15+. The van der Waals surface area contributed by atoms with Crippen molar-refractivity contribution in [1.29, 1.82) is 5.26 Å². The van der Waals surface area contributed by atoms with E-state index in [1.54, 1.807) is 23.0 Å². The fraction of sp³-hybridized carbons (Fsp3) is 0.189. The Kier molecular flexibility index (Phi) is 5.90. The van der Waals surface area contributed by atoms with E-state index in [0.29, 0.717) is 17.5 Å². The summed E-state index contributed by atoms with van der Waals surface area (Å²) in [6.45, 7) is 0. The van der Waals surface area contributed by atoms with Gasteiger partial charge in [-0.3, -0.25) is 0 Å². The van der Waals surface area contributed by atoms with Gasteiger partial charge in [0.05, 0.1) is 9.40 Å². The predicted octanol–water partition coefficient (Wildman–Crippen LogP) is 10.5. The van der Waals surface area contributed by atoms with E-state index in [0.717, 1.165) is 17.4 Å². The zero-order chi connectivity index (χ0) is 29.5. The fourth-order valence-electron chi connectivity index (χ4n) is 7.99. The molecule has 9 rings (SSSR count). The second kappa shape index (κ2) is 9.90. The number of rotatable bonds is 5. The zero-order valence-corrected chi connectivity index (χ0v) is 26.0. The third-order valence-corrected chi connectivity index (χ3v) is 13.7. The largest absolute Gasteiger partial charge is 0.477 e. The molecular formula is C37H26N2O2S3. The van der Waals surface area contributed by atoms with Crippen molar-refractivity contribution in [2.24, 2.45) is 11.8 Å². The number of carbonyl (C=O) groups is 1. The highest BCUT2D eigenvalue weighted by molar-refractivity contribution is 7.40. The first-order chi connectivity index (χ1) is 21.6. The molecule has 7 heteroatoms. The normalized spacial score (nSPS) is 22.1. The Morgan fingerprint density at radius 1 is 0.841 bits per heavy atom. The number of carboxylic acid groups (broad SMARTS) is 1. The second-order valence-corrected chi connectivity index (χ2v) is 15.3. The summed E-state index contributed by atoms with van der Waals surface area (Å²) in [7, 11) is 0. The molecule has 1 aliphatic heterocycles. The van der Waals surface area contributed by atoms with Crippen molar-refractivity contribution in [3.8, 4) is 27.0 Å². The molecular weight excluding hydrogens is 601 g/mol. The first-order valence-corrected chi connectivity index (χ1v) is 17.4. The average Bonchev–Trinajstić information content (AvgIpc) is 3.88. The van der Waals surface area contributed by atoms with Crippen LogP contribution in [0.15, 0.2) is 90.5 Å². The highest BCUT2D eigenvalue weighted by Gasteiger charge is 2.55. The number of aliphatic carboxylic acids is 1. The van der Waals surface area contributed by atoms with Crippen LogP contribution in [0.1, 0.15) is 36.3 Å². The fourth-order valence-corrected chi connectivity index (χ4v) is 12.0. The summed E-state index contributed by atoms with van der Waals surface area (Å²) in [6.07, 6.45) is 5.56. The van der Waals surface area contributed by atoms with Crippen molar-refractivity contribution in [2.45, 2.75) is 31.2 Å². The van der Waals surface area contributed by atoms with Gasteiger partial charge in [0, 0.05) is 42.5 Å². The van der Waals surface area contributed by atoms with Gasteiger partial charge in [-0.25, -0.2) is 4.79 Å². The first kappa shape index (κ1) is 26.2. The minimum atomic E-state index is -1.21. The van der Waals surface area contributed by atoms with Crippen LogP contribution < -0.4 is 4.90 Å². The number of carboxylic acids is 1. The molecule has 4 atom stereocenters. The zero-order valence-electron chi connectivity index (χ0n) is 23.6. The van der Waals surface area contributed by atoms with E-state index in [9.17, 15) is 4.79 Å². The number of hydrogen-bond donors (Lipinski definition) is 1. The van der Waals surface area contributed by atoms with Gasteiger partial charge >= 0.3 is 5.97 Å². The molecule has 1 N–H and O–H groups in total. The van der Waals surface area contributed by atoms with Crippen molar-refractivity contribution >= 4 is 76.2 Å². The van der Waals surface area contributed by atoms with Gasteiger partial charge in [-0.1, -0.05) is 54.6 Å². The summed E-state index contributed by atoms with van der Waals surface area (Å²) in [5.41, 5.74) is 7.08. The SMILES string of the molecule is N#C/C(=C\c1ccc(-c2cc3sc4cc(-c5ccc(N6c7ccccc7C7C8CCC(C8)C76)cc5)sc4c3s2)cc1)C(=O)O. The van der Waals surface area contributed by atoms with Gasteiger partial charge in [-0.15, -0.1) is 34.0 Å². The molecule has 4 heterocycles. The molecule has 0 amide bonds. The lowest BCUT2D eigenvalue weighted by molar-refractivity contribution is -0.132. The van der Waals surface area contributed by atoms with Crippen molar-refractivity contribution in [1.82, 2.24) is 0 Å². The molecule has 0 spiro atoms. The molecule has 44 heavy (non-hydrogen) atoms. The van der Waals surface area contributed by atoms with Gasteiger partial charge in [0.2, 0.25) is 0 Å². The molecule has 214 valence electrons. The lowest BCUT2D eigenvalue weighted by atomic mass is 9.82. The quantitative estimate of drug-likeness (QED) is 0.153. The molecule has 3 aromatic carbocycles. The van der Waals surface area contributed by atoms with Gasteiger partial charge < -0.3 is 10.0 Å². The Bertz CT molecular complexity index is 2180. The molecule has 0 radical (unpaired) electrons. The monoisotopic (exact) mass is 626 g/mol. The summed E-state index contributed by atoms with van der Waals surface area (Å²) in [5, 5.41) is 18.2. The topological polar surface area (TPSA) is 64.3 Å². The average molecular weight is 627 g/mol. The predicted molar refractivity (Wildman–Crippen MR) is 183 cm³/mol. The lowest BCUT2D eigenvalue weighted by Gasteiger charge is -2.33. The van der Waals surface area contributed by atoms with Crippen LogP contribution in [0.2, 0.25) is 0 Å². The molecule has 3 aliphatic rings. The van der Waals surface area contributed by atoms with Crippen molar-refractivity contribution < 1.29 is 9.90 Å². The number of hydrogen-bond acceptors (Lipinski definition) is 6. The van der Waals surface area contributed by atoms with Crippen LogP contribution in [-0.2, 0) is 4.79 Å². The van der Waals surface area contributed by atoms with Crippen LogP contribution in [0.4, 0.5) is 11.4 Å². The Balaban J connectivity index is 1.00. The maximum Gasteiger partial charge on any atom is 0.346 e. The summed E-state index contributed by atoms with van der Waals surface area (Å²) >= 11 is 5.52. The van der Waals surface area contributed by atoms with Gasteiger partial charge in [0.1, 0.15) is 11.6 Å². The maximum atomic E-state index is 11.2. The number of benzene rings is 3. The Hall–Kier alpha value is -4.22. The van der Waals surface area contributed by atoms with E-state index in [1.165, 1.54) is 70.8 Å². The molecule has 2 bridgehead atoms. The number of anilines is 2. The summed E-state index contributed by atoms with van der Waals surface area (Å²) < 4.78 is 5.30. The summed E-state index contributed by atoms with van der Waals surface area (Å²) in [5.74, 6) is 1.14. The third kappa shape index (κ3) is 3.95. The van der Waals surface area contributed by atoms with Crippen LogP contribution in [0.3, 0.4) is 0 Å². The van der Waals surface area contributed by atoms with Gasteiger partial charge in [-0.2, -0.15) is 5.26 Å². The van der Waals surface area contributed by atoms with E-state index in [4.69, 9.17) is 10.4 Å². The Morgan fingerprint density at radius 2 is 1.48 bits per heavy atom. The molecule has 2 aliphatic carbocycles. The Morgan fingerprint density at radius 3 is 2.14 bits per heavy atom. The van der Waals surface area contributed by atoms with Gasteiger partial charge in [0.15, 0.2) is 0 Å². The molecule has 4 nitrogen and oxygen atoms in total. The molecule has 6 aromatic rings. The van der Waals surface area contributed by atoms with Crippen LogP contribution in [0.25, 0.3) is 45.8 Å². The van der Waals surface area contributed by atoms with Crippen LogP contribution in [-0.4, -0.2) is 17.1 Å². The van der Waals surface area contributed by atoms with E-state index in [1.807, 2.05) is 46.9 Å². The number of nitrogens with zero attached hydrogens (tertiary/aromatic N) is 2. The van der Waals surface area contributed by atoms with E-state index in [2.05, 4.69) is 65.6 Å². The molecule has 3 aromatic heterocycles. The maximum absolute atomic E-state index is 11.2. The van der Waals surface area contributed by atoms with Crippen LogP contribution in [0.5, 0.6) is 0 Å². The van der Waals surface area contributed by atoms with E-state index in [-0.39, 0.29) is 5.57 Å². The minimum Gasteiger partial charge on any atom is -0.477 e. The molecule has 4 unspecified atom stereocenters. The van der Waals surface area contributed by atoms with Gasteiger partial charge in [-0.05, 0) is 89.8 Å². The second-order valence-electron chi connectivity index (χ2n) is 12.1. The highest BCUT2D eigenvalue weighted by Crippen LogP contribution is 2.62. The van der Waals surface area contributed by atoms with Gasteiger partial charge in [0.25, 0.3) is 0 Å². The van der Waals surface area contributed by atoms with Crippen LogP contribution >= 0.6 is 34.0 Å². The molecule has 2 saturated carbocycles. The molecule has 2 fully saturated rings. The van der Waals surface area contributed by atoms with E-state index >= 15 is 0 Å². The first-order valence-electron chi connectivity index (χ1n) is 15.0. The smallest absolute Gasteiger partial charge is 0.346 e. The van der Waals surface area contributed by atoms with Crippen molar-refractivity contribution in [3.63, 3.8) is 0 Å². The van der Waals surface area contributed by atoms with E-state index < -0.39 is 5.97 Å². The number of fused-ring (bicyclic) bond motifs is 10. The lowest BCUT2D eigenvalue weighted by Crippen LogP contribution is -2.35. The molecule has 0 saturated heterocycles. The van der Waals surface area contributed by atoms with Crippen molar-refractivity contribution in [2.75, 3.05) is 4.90 Å². The Labute approximate surface area is 266 Å². The summed E-state index contributed by atoms with van der Waals surface area (Å²) in [4.78, 5) is 16.3. The van der Waals surface area contributed by atoms with Crippen LogP contribution in [0, 0.1) is 23.2 Å². The van der Waals surface area contributed by atoms with Crippen molar-refractivity contribution in [3.05, 3.63) is 102 Å². The number of para-hydroxylation sites is 1.